The summed E-state index contributed by atoms with van der Waals surface area (Å²) < 4.78 is 54.5. The van der Waals surface area contributed by atoms with E-state index in [4.69, 9.17) is 9.47 Å². The Labute approximate surface area is 219 Å². The van der Waals surface area contributed by atoms with Crippen molar-refractivity contribution in [2.24, 2.45) is 0 Å². The van der Waals surface area contributed by atoms with Crippen molar-refractivity contribution in [1.29, 1.82) is 0 Å². The van der Waals surface area contributed by atoms with Crippen LogP contribution in [-0.2, 0) is 19.0 Å². The lowest BCUT2D eigenvalue weighted by Crippen LogP contribution is -2.32. The van der Waals surface area contributed by atoms with E-state index in [1.165, 1.54) is 26.4 Å². The average Bonchev–Trinajstić information content (AvgIpc) is 3.59. The Morgan fingerprint density at radius 3 is 2.29 bits per heavy atom. The van der Waals surface area contributed by atoms with Gasteiger partial charge in [-0.1, -0.05) is 0 Å². The molecule has 202 valence electrons. The van der Waals surface area contributed by atoms with Crippen molar-refractivity contribution < 1.29 is 22.6 Å². The van der Waals surface area contributed by atoms with Crippen molar-refractivity contribution in [2.45, 2.75) is 37.9 Å². The first-order chi connectivity index (χ1) is 18.1. The fourth-order valence-corrected chi connectivity index (χ4v) is 5.44. The predicted molar refractivity (Wildman–Crippen MR) is 140 cm³/mol. The van der Waals surface area contributed by atoms with Crippen LogP contribution in [-0.4, -0.2) is 62.1 Å². The van der Waals surface area contributed by atoms with Crippen molar-refractivity contribution in [1.82, 2.24) is 14.7 Å². The topological polar surface area (TPSA) is 59.8 Å². The van der Waals surface area contributed by atoms with E-state index in [9.17, 15) is 18.0 Å². The van der Waals surface area contributed by atoms with Crippen molar-refractivity contribution in [2.75, 3.05) is 46.3 Å². The van der Waals surface area contributed by atoms with E-state index in [1.807, 2.05) is 14.1 Å². The smallest absolute Gasteiger partial charge is 0.418 e. The molecule has 2 aromatic carbocycles. The van der Waals surface area contributed by atoms with Crippen molar-refractivity contribution in [3.8, 4) is 28.4 Å². The van der Waals surface area contributed by atoms with Crippen molar-refractivity contribution in [3.05, 3.63) is 63.4 Å². The van der Waals surface area contributed by atoms with Gasteiger partial charge in [-0.25, -0.2) is 0 Å². The minimum absolute atomic E-state index is 0.265. The van der Waals surface area contributed by atoms with Gasteiger partial charge in [-0.2, -0.15) is 23.0 Å². The molecule has 1 aliphatic heterocycles. The highest BCUT2D eigenvalue weighted by molar-refractivity contribution is 5.69. The minimum atomic E-state index is -4.66. The van der Waals surface area contributed by atoms with E-state index in [0.29, 0.717) is 59.4 Å². The normalized spacial score (nSPS) is 17.3. The lowest BCUT2D eigenvalue weighted by Gasteiger charge is -2.24. The quantitative estimate of drug-likeness (QED) is 0.468. The Kier molecular flexibility index (Phi) is 6.85. The second kappa shape index (κ2) is 9.98. The maximum atomic E-state index is 14.2. The summed E-state index contributed by atoms with van der Waals surface area (Å²) in [5, 5.41) is 4.59. The predicted octanol–water partition coefficient (Wildman–Crippen LogP) is 4.56. The first-order valence-corrected chi connectivity index (χ1v) is 12.6. The van der Waals surface area contributed by atoms with Gasteiger partial charge in [0.25, 0.3) is 5.56 Å². The molecule has 0 spiro atoms. The van der Waals surface area contributed by atoms with Crippen LogP contribution in [0.5, 0.6) is 11.5 Å². The number of benzene rings is 2. The molecule has 0 radical (unpaired) electrons. The van der Waals surface area contributed by atoms with E-state index in [-0.39, 0.29) is 5.69 Å². The van der Waals surface area contributed by atoms with Gasteiger partial charge in [0.05, 0.1) is 31.2 Å². The molecule has 0 amide bonds. The molecule has 1 aliphatic carbocycles. The van der Waals surface area contributed by atoms with Crippen LogP contribution in [0.4, 0.5) is 18.9 Å². The average molecular weight is 529 g/mol. The van der Waals surface area contributed by atoms with Gasteiger partial charge in [-0.05, 0) is 75.7 Å². The van der Waals surface area contributed by atoms with Gasteiger partial charge in [0.2, 0.25) is 0 Å². The van der Waals surface area contributed by atoms with Gasteiger partial charge in [0.15, 0.2) is 0 Å². The summed E-state index contributed by atoms with van der Waals surface area (Å²) >= 11 is 0. The molecule has 2 heterocycles. The molecule has 3 aromatic rings. The highest BCUT2D eigenvalue weighted by atomic mass is 19.4. The van der Waals surface area contributed by atoms with E-state index in [1.54, 1.807) is 18.2 Å². The molecule has 7 nitrogen and oxygen atoms in total. The SMILES string of the molecule is COc1cc(OC)cc(-c2nn(-c3cc(N4CCC(N(C)C)C4)ccc3C(F)(F)F)c(=O)c3c2CCC3)c1. The monoisotopic (exact) mass is 528 g/mol. The van der Waals surface area contributed by atoms with Crippen molar-refractivity contribution in [3.63, 3.8) is 0 Å². The van der Waals surface area contributed by atoms with Gasteiger partial charge in [-0.15, -0.1) is 0 Å². The van der Waals surface area contributed by atoms with Crippen LogP contribution in [0.1, 0.15) is 29.5 Å². The van der Waals surface area contributed by atoms with Crippen LogP contribution < -0.4 is 19.9 Å². The molecule has 2 aliphatic rings. The number of halogens is 3. The first-order valence-electron chi connectivity index (χ1n) is 12.6. The zero-order chi connectivity index (χ0) is 27.2. The zero-order valence-electron chi connectivity index (χ0n) is 21.9. The second-order valence-corrected chi connectivity index (χ2v) is 10.0. The third-order valence-corrected chi connectivity index (χ3v) is 7.55. The Hall–Kier alpha value is -3.53. The van der Waals surface area contributed by atoms with Crippen LogP contribution in [0.15, 0.2) is 41.2 Å². The van der Waals surface area contributed by atoms with Gasteiger partial charge >= 0.3 is 6.18 Å². The van der Waals surface area contributed by atoms with Gasteiger partial charge in [-0.3, -0.25) is 4.79 Å². The van der Waals surface area contributed by atoms with Crippen LogP contribution in [0, 0.1) is 0 Å². The summed E-state index contributed by atoms with van der Waals surface area (Å²) in [6.07, 6.45) is -1.91. The summed E-state index contributed by atoms with van der Waals surface area (Å²) in [7, 11) is 7.04. The third-order valence-electron chi connectivity index (χ3n) is 7.55. The fourth-order valence-electron chi connectivity index (χ4n) is 5.44. The third kappa shape index (κ3) is 4.73. The molecule has 0 saturated carbocycles. The Balaban J connectivity index is 1.71. The maximum absolute atomic E-state index is 14.2. The molecule has 1 fully saturated rings. The number of aromatic nitrogens is 2. The molecule has 1 atom stereocenters. The molecule has 0 bridgehead atoms. The summed E-state index contributed by atoms with van der Waals surface area (Å²) in [5.74, 6) is 1.04. The van der Waals surface area contributed by atoms with Crippen LogP contribution in [0.25, 0.3) is 16.9 Å². The van der Waals surface area contributed by atoms with Crippen LogP contribution >= 0.6 is 0 Å². The second-order valence-electron chi connectivity index (χ2n) is 10.0. The van der Waals surface area contributed by atoms with E-state index < -0.39 is 17.3 Å². The molecular weight excluding hydrogens is 497 g/mol. The summed E-state index contributed by atoms with van der Waals surface area (Å²) in [6.45, 7) is 1.41. The highest BCUT2D eigenvalue weighted by Gasteiger charge is 2.36. The zero-order valence-corrected chi connectivity index (χ0v) is 21.9. The lowest BCUT2D eigenvalue weighted by molar-refractivity contribution is -0.137. The maximum Gasteiger partial charge on any atom is 0.418 e. The highest BCUT2D eigenvalue weighted by Crippen LogP contribution is 2.38. The molecule has 10 heteroatoms. The van der Waals surface area contributed by atoms with Gasteiger partial charge in [0, 0.05) is 42.0 Å². The molecule has 5 rings (SSSR count). The number of ether oxygens (including phenoxy) is 2. The number of hydrogen-bond donors (Lipinski definition) is 0. The van der Waals surface area contributed by atoms with E-state index >= 15 is 0 Å². The number of likely N-dealkylation sites (N-methyl/N-ethyl adjacent to an activating group) is 1. The molecular formula is C28H31F3N4O3. The number of anilines is 1. The summed E-state index contributed by atoms with van der Waals surface area (Å²) in [5.41, 5.74) is 1.31. The number of rotatable bonds is 6. The largest absolute Gasteiger partial charge is 0.497 e. The molecule has 1 saturated heterocycles. The van der Waals surface area contributed by atoms with Crippen LogP contribution in [0.2, 0.25) is 0 Å². The van der Waals surface area contributed by atoms with Crippen LogP contribution in [0.3, 0.4) is 0 Å². The summed E-state index contributed by atoms with van der Waals surface area (Å²) in [6, 6.07) is 9.51. The number of methoxy groups -OCH3 is 2. The standard InChI is InChI=1S/C28H31F3N4O3/c1-33(2)19-10-11-34(16-19)18-8-9-24(28(29,30)31)25(14-18)35-27(36)23-7-5-6-22(23)26(32-35)17-12-20(37-3)15-21(13-17)38-4/h8-9,12-15,19H,5-7,10-11,16H2,1-4H3. The Morgan fingerprint density at radius 2 is 1.68 bits per heavy atom. The summed E-state index contributed by atoms with van der Waals surface area (Å²) in [4.78, 5) is 17.8. The lowest BCUT2D eigenvalue weighted by atomic mass is 10.0. The van der Waals surface area contributed by atoms with Crippen molar-refractivity contribution >= 4 is 5.69 Å². The number of nitrogens with zero attached hydrogens (tertiary/aromatic N) is 4. The fraction of sp³-hybridized carbons (Fsp3) is 0.429. The molecule has 0 N–H and O–H groups in total. The first kappa shape index (κ1) is 26.1. The Bertz CT molecular complexity index is 1400. The minimum Gasteiger partial charge on any atom is -0.497 e. The van der Waals surface area contributed by atoms with E-state index in [0.717, 1.165) is 35.7 Å². The molecule has 1 aromatic heterocycles. The Morgan fingerprint density at radius 1 is 1.00 bits per heavy atom. The van der Waals surface area contributed by atoms with Gasteiger partial charge in [0.1, 0.15) is 11.5 Å². The molecule has 1 unspecified atom stereocenters. The number of alkyl halides is 3. The van der Waals surface area contributed by atoms with Gasteiger partial charge < -0.3 is 19.3 Å². The number of fused-ring (bicyclic) bond motifs is 1. The van der Waals surface area contributed by atoms with E-state index in [2.05, 4.69) is 14.9 Å². The number of hydrogen-bond acceptors (Lipinski definition) is 6. The molecule has 38 heavy (non-hydrogen) atoms.